The molecule has 0 aromatic heterocycles. The van der Waals surface area contributed by atoms with Gasteiger partial charge in [0.2, 0.25) is 5.82 Å². The molecular weight excluding hydrogens is 441 g/mol. The molecule has 10 heteroatoms. The standard InChI is InChI=1S/C24H30FN5O4/c1-28(24-16-20(34-2)4-6-22(24)26-9-14-31)12-13-29-10-7-19(8-11-29)27-17-18-3-5-21(25)23(15-18)30(32)33/h3-6,9,14-16,19,27H,7-8,10-13,17H2,1-2H3/b26-9-. The number of nitro benzene ring substituents is 1. The third-order valence-corrected chi connectivity index (χ3v) is 6.01. The van der Waals surface area contributed by atoms with Crippen LogP contribution in [0.3, 0.4) is 0 Å². The maximum absolute atomic E-state index is 13.5. The second kappa shape index (κ2) is 12.2. The number of hydrogen-bond donors (Lipinski definition) is 1. The average molecular weight is 472 g/mol. The molecule has 34 heavy (non-hydrogen) atoms. The molecule has 1 heterocycles. The highest BCUT2D eigenvalue weighted by atomic mass is 19.1. The summed E-state index contributed by atoms with van der Waals surface area (Å²) in [6, 6.07) is 9.88. The maximum atomic E-state index is 13.5. The van der Waals surface area contributed by atoms with E-state index >= 15 is 0 Å². The SMILES string of the molecule is COc1ccc(/N=C\C=O)c(N(C)CCN2CCC(NCc3ccc(F)c([N+](=O)[O-])c3)CC2)c1. The fourth-order valence-electron chi connectivity index (χ4n) is 4.00. The van der Waals surface area contributed by atoms with Gasteiger partial charge in [0.1, 0.15) is 5.75 Å². The van der Waals surface area contributed by atoms with Crippen molar-refractivity contribution in [3.8, 4) is 5.75 Å². The van der Waals surface area contributed by atoms with E-state index in [1.165, 1.54) is 12.3 Å². The van der Waals surface area contributed by atoms with Crippen LogP contribution in [0.25, 0.3) is 0 Å². The molecule has 0 spiro atoms. The molecular formula is C24H30FN5O4. The van der Waals surface area contributed by atoms with Crippen molar-refractivity contribution in [1.82, 2.24) is 10.2 Å². The Bertz CT molecular complexity index is 1020. The average Bonchev–Trinajstić information content (AvgIpc) is 2.85. The van der Waals surface area contributed by atoms with Crippen molar-refractivity contribution in [2.24, 2.45) is 4.99 Å². The van der Waals surface area contributed by atoms with Crippen LogP contribution in [0.1, 0.15) is 18.4 Å². The lowest BCUT2D eigenvalue weighted by molar-refractivity contribution is -0.387. The molecule has 0 bridgehead atoms. The zero-order chi connectivity index (χ0) is 24.5. The van der Waals surface area contributed by atoms with Gasteiger partial charge in [0.05, 0.1) is 29.6 Å². The highest BCUT2D eigenvalue weighted by Crippen LogP contribution is 2.32. The summed E-state index contributed by atoms with van der Waals surface area (Å²) in [5, 5.41) is 14.4. The topological polar surface area (TPSA) is 100 Å². The van der Waals surface area contributed by atoms with Crippen LogP contribution in [0.4, 0.5) is 21.5 Å². The zero-order valence-electron chi connectivity index (χ0n) is 19.4. The van der Waals surface area contributed by atoms with E-state index in [2.05, 4.69) is 20.1 Å². The Morgan fingerprint density at radius 2 is 2.06 bits per heavy atom. The van der Waals surface area contributed by atoms with Crippen molar-refractivity contribution < 1.29 is 18.8 Å². The summed E-state index contributed by atoms with van der Waals surface area (Å²) in [6.07, 6.45) is 3.81. The van der Waals surface area contributed by atoms with Crippen LogP contribution in [-0.2, 0) is 11.3 Å². The van der Waals surface area contributed by atoms with Crippen molar-refractivity contribution in [2.75, 3.05) is 45.2 Å². The number of hydrogen-bond acceptors (Lipinski definition) is 8. The number of carbonyl (C=O) groups excluding carboxylic acids is 1. The lowest BCUT2D eigenvalue weighted by Crippen LogP contribution is -2.44. The number of aliphatic imine (C=N–C) groups is 1. The number of benzene rings is 2. The summed E-state index contributed by atoms with van der Waals surface area (Å²) in [5.41, 5.74) is 1.81. The fourth-order valence-corrected chi connectivity index (χ4v) is 4.00. The number of methoxy groups -OCH3 is 1. The van der Waals surface area contributed by atoms with Crippen molar-refractivity contribution in [3.63, 3.8) is 0 Å². The molecule has 0 amide bonds. The summed E-state index contributed by atoms with van der Waals surface area (Å²) in [5.74, 6) is -0.0890. The first-order chi connectivity index (χ1) is 16.4. The number of aldehydes is 1. The minimum Gasteiger partial charge on any atom is -0.497 e. The van der Waals surface area contributed by atoms with Gasteiger partial charge < -0.3 is 19.9 Å². The molecule has 0 saturated carbocycles. The third kappa shape index (κ3) is 6.82. The predicted octanol–water partition coefficient (Wildman–Crippen LogP) is 3.33. The molecule has 9 nitrogen and oxygen atoms in total. The van der Waals surface area contributed by atoms with E-state index < -0.39 is 16.4 Å². The van der Waals surface area contributed by atoms with E-state index in [1.54, 1.807) is 13.2 Å². The number of nitrogens with zero attached hydrogens (tertiary/aromatic N) is 4. The van der Waals surface area contributed by atoms with Gasteiger partial charge in [0.15, 0.2) is 6.29 Å². The Morgan fingerprint density at radius 3 is 2.74 bits per heavy atom. The van der Waals surface area contributed by atoms with Crippen LogP contribution in [0.5, 0.6) is 5.75 Å². The number of carbonyl (C=O) groups is 1. The van der Waals surface area contributed by atoms with E-state index in [4.69, 9.17) is 4.74 Å². The number of likely N-dealkylation sites (tertiary alicyclic amines) is 1. The predicted molar refractivity (Wildman–Crippen MR) is 130 cm³/mol. The van der Waals surface area contributed by atoms with Crippen LogP contribution in [0.2, 0.25) is 0 Å². The first-order valence-corrected chi connectivity index (χ1v) is 11.2. The number of ether oxygens (including phenoxy) is 1. The molecule has 1 aliphatic heterocycles. The monoisotopic (exact) mass is 471 g/mol. The van der Waals surface area contributed by atoms with Crippen LogP contribution < -0.4 is 15.0 Å². The van der Waals surface area contributed by atoms with Gasteiger partial charge in [-0.15, -0.1) is 0 Å². The first kappa shape index (κ1) is 25.3. The van der Waals surface area contributed by atoms with Crippen LogP contribution in [0.15, 0.2) is 41.4 Å². The summed E-state index contributed by atoms with van der Waals surface area (Å²) in [7, 11) is 3.61. The second-order valence-corrected chi connectivity index (χ2v) is 8.23. The smallest absolute Gasteiger partial charge is 0.305 e. The van der Waals surface area contributed by atoms with Crippen LogP contribution in [0, 0.1) is 15.9 Å². The van der Waals surface area contributed by atoms with Crippen molar-refractivity contribution in [2.45, 2.75) is 25.4 Å². The van der Waals surface area contributed by atoms with Gasteiger partial charge in [-0.2, -0.15) is 4.39 Å². The number of rotatable bonds is 11. The number of piperidine rings is 1. The molecule has 1 aliphatic rings. The number of nitro groups is 1. The van der Waals surface area contributed by atoms with Gasteiger partial charge in [0.25, 0.3) is 0 Å². The lowest BCUT2D eigenvalue weighted by atomic mass is 10.0. The Labute approximate surface area is 198 Å². The van der Waals surface area contributed by atoms with Crippen molar-refractivity contribution in [1.29, 1.82) is 0 Å². The van der Waals surface area contributed by atoms with E-state index in [0.29, 0.717) is 30.1 Å². The van der Waals surface area contributed by atoms with Crippen molar-refractivity contribution in [3.05, 3.63) is 57.9 Å². The first-order valence-electron chi connectivity index (χ1n) is 11.2. The van der Waals surface area contributed by atoms with Gasteiger partial charge in [0, 0.05) is 44.9 Å². The molecule has 0 aliphatic carbocycles. The summed E-state index contributed by atoms with van der Waals surface area (Å²) >= 11 is 0. The normalized spacial score (nSPS) is 14.9. The summed E-state index contributed by atoms with van der Waals surface area (Å²) < 4.78 is 18.8. The summed E-state index contributed by atoms with van der Waals surface area (Å²) in [6.45, 7) is 4.00. The Hall–Kier alpha value is -3.37. The second-order valence-electron chi connectivity index (χ2n) is 8.23. The maximum Gasteiger partial charge on any atom is 0.305 e. The van der Waals surface area contributed by atoms with Crippen molar-refractivity contribution >= 4 is 29.6 Å². The lowest BCUT2D eigenvalue weighted by Gasteiger charge is -2.34. The molecule has 1 saturated heterocycles. The molecule has 2 aromatic rings. The Kier molecular flexibility index (Phi) is 9.06. The molecule has 1 fully saturated rings. The zero-order valence-corrected chi connectivity index (χ0v) is 19.4. The molecule has 0 atom stereocenters. The fraction of sp³-hybridized carbons (Fsp3) is 0.417. The number of nitrogens with one attached hydrogen (secondary N) is 1. The highest BCUT2D eigenvalue weighted by molar-refractivity contribution is 6.14. The number of anilines is 1. The van der Waals surface area contributed by atoms with Crippen LogP contribution in [-0.4, -0.2) is 68.7 Å². The molecule has 3 rings (SSSR count). The minimum absolute atomic E-state index is 0.306. The van der Waals surface area contributed by atoms with E-state index in [0.717, 1.165) is 56.5 Å². The summed E-state index contributed by atoms with van der Waals surface area (Å²) in [4.78, 5) is 29.6. The number of likely N-dealkylation sites (N-methyl/N-ethyl adjacent to an activating group) is 1. The Morgan fingerprint density at radius 1 is 1.29 bits per heavy atom. The van der Waals surface area contributed by atoms with Gasteiger partial charge in [-0.25, -0.2) is 0 Å². The molecule has 0 unspecified atom stereocenters. The van der Waals surface area contributed by atoms with Crippen LogP contribution >= 0.6 is 0 Å². The van der Waals surface area contributed by atoms with Gasteiger partial charge in [-0.3, -0.25) is 19.9 Å². The number of halogens is 1. The van der Waals surface area contributed by atoms with E-state index in [9.17, 15) is 19.3 Å². The third-order valence-electron chi connectivity index (χ3n) is 6.01. The highest BCUT2D eigenvalue weighted by Gasteiger charge is 2.20. The van der Waals surface area contributed by atoms with Gasteiger partial charge in [-0.1, -0.05) is 6.07 Å². The largest absolute Gasteiger partial charge is 0.497 e. The molecule has 1 N–H and O–H groups in total. The molecule has 2 aromatic carbocycles. The van der Waals surface area contributed by atoms with E-state index in [-0.39, 0.29) is 0 Å². The van der Waals surface area contributed by atoms with E-state index in [1.807, 2.05) is 25.2 Å². The van der Waals surface area contributed by atoms with Gasteiger partial charge >= 0.3 is 5.69 Å². The quantitative estimate of drug-likeness (QED) is 0.232. The Balaban J connectivity index is 1.48. The molecule has 0 radical (unpaired) electrons. The molecule has 182 valence electrons. The van der Waals surface area contributed by atoms with Gasteiger partial charge in [-0.05, 0) is 49.7 Å². The minimum atomic E-state index is -0.816.